The number of aliphatic hydroxyl groups excluding tert-OH is 1. The standard InChI is InChI=1S/C28H23Cl2NO7/c1-4-38-28(35)16-6-5-7-18(12-16)31-23(15-8-10-19(36-2)11-9-15)22(25(33)27(31)34)24(32)20-13-17(29)14-21(30)26(20)37-3/h5-14,23,32H,4H2,1-3H3/b24-22+. The maximum Gasteiger partial charge on any atom is 0.338 e. The lowest BCUT2D eigenvalue weighted by molar-refractivity contribution is -0.132. The number of halogens is 2. The van der Waals surface area contributed by atoms with Gasteiger partial charge in [-0.15, -0.1) is 0 Å². The summed E-state index contributed by atoms with van der Waals surface area (Å²) in [6.07, 6.45) is 0. The lowest BCUT2D eigenvalue weighted by Gasteiger charge is -2.26. The zero-order valence-electron chi connectivity index (χ0n) is 20.7. The van der Waals surface area contributed by atoms with Crippen molar-refractivity contribution in [2.24, 2.45) is 0 Å². The molecular formula is C28H23Cl2NO7. The minimum Gasteiger partial charge on any atom is -0.507 e. The second-order valence-corrected chi connectivity index (χ2v) is 9.03. The highest BCUT2D eigenvalue weighted by atomic mass is 35.5. The highest BCUT2D eigenvalue weighted by molar-refractivity contribution is 6.52. The number of Topliss-reactive ketones (excluding diaryl/α,β-unsaturated/α-hetero) is 1. The molecule has 3 aromatic carbocycles. The van der Waals surface area contributed by atoms with E-state index in [0.29, 0.717) is 11.3 Å². The molecule has 1 unspecified atom stereocenters. The molecule has 0 aliphatic carbocycles. The molecule has 1 aliphatic heterocycles. The van der Waals surface area contributed by atoms with Gasteiger partial charge < -0.3 is 19.3 Å². The van der Waals surface area contributed by atoms with Crippen LogP contribution in [0.2, 0.25) is 10.0 Å². The fourth-order valence-corrected chi connectivity index (χ4v) is 4.86. The second kappa shape index (κ2) is 11.2. The number of carbonyl (C=O) groups excluding carboxylic acids is 3. The van der Waals surface area contributed by atoms with Crippen LogP contribution in [0.15, 0.2) is 66.2 Å². The Morgan fingerprint density at radius 1 is 1.00 bits per heavy atom. The first-order valence-corrected chi connectivity index (χ1v) is 12.2. The zero-order chi connectivity index (χ0) is 27.6. The summed E-state index contributed by atoms with van der Waals surface area (Å²) in [6, 6.07) is 14.6. The molecule has 1 N–H and O–H groups in total. The van der Waals surface area contributed by atoms with Gasteiger partial charge in [-0.25, -0.2) is 4.79 Å². The normalized spacial score (nSPS) is 16.4. The molecule has 38 heavy (non-hydrogen) atoms. The third-order valence-corrected chi connectivity index (χ3v) is 6.48. The van der Waals surface area contributed by atoms with Gasteiger partial charge in [0.05, 0.1) is 48.6 Å². The van der Waals surface area contributed by atoms with E-state index >= 15 is 0 Å². The lowest BCUT2D eigenvalue weighted by atomic mass is 9.94. The molecule has 0 radical (unpaired) electrons. The fourth-order valence-electron chi connectivity index (χ4n) is 4.29. The first-order chi connectivity index (χ1) is 18.2. The Balaban J connectivity index is 1.97. The number of ketones is 1. The van der Waals surface area contributed by atoms with E-state index < -0.39 is 29.5 Å². The molecule has 0 saturated carbocycles. The van der Waals surface area contributed by atoms with E-state index in [2.05, 4.69) is 0 Å². The van der Waals surface area contributed by atoms with Gasteiger partial charge in [0.25, 0.3) is 11.7 Å². The number of methoxy groups -OCH3 is 2. The van der Waals surface area contributed by atoms with Gasteiger partial charge in [0.1, 0.15) is 17.3 Å². The van der Waals surface area contributed by atoms with E-state index in [1.165, 1.54) is 37.3 Å². The Morgan fingerprint density at radius 3 is 2.34 bits per heavy atom. The number of benzene rings is 3. The molecule has 3 aromatic rings. The number of amides is 1. The molecule has 1 atom stereocenters. The van der Waals surface area contributed by atoms with Crippen LogP contribution in [0.25, 0.3) is 5.76 Å². The van der Waals surface area contributed by atoms with E-state index in [-0.39, 0.29) is 44.8 Å². The van der Waals surface area contributed by atoms with Crippen LogP contribution in [0, 0.1) is 0 Å². The summed E-state index contributed by atoms with van der Waals surface area (Å²) in [6.45, 7) is 1.85. The van der Waals surface area contributed by atoms with Crippen molar-refractivity contribution in [1.29, 1.82) is 0 Å². The molecule has 1 aliphatic rings. The predicted molar refractivity (Wildman–Crippen MR) is 143 cm³/mol. The number of ether oxygens (including phenoxy) is 3. The smallest absolute Gasteiger partial charge is 0.338 e. The van der Waals surface area contributed by atoms with Crippen LogP contribution in [0.4, 0.5) is 5.69 Å². The zero-order valence-corrected chi connectivity index (χ0v) is 22.2. The predicted octanol–water partition coefficient (Wildman–Crippen LogP) is 5.81. The van der Waals surface area contributed by atoms with Gasteiger partial charge in [-0.05, 0) is 55.0 Å². The van der Waals surface area contributed by atoms with Crippen LogP contribution < -0.4 is 14.4 Å². The number of hydrogen-bond acceptors (Lipinski definition) is 7. The van der Waals surface area contributed by atoms with Crippen LogP contribution in [0.5, 0.6) is 11.5 Å². The SMILES string of the molecule is CCOC(=O)c1cccc(N2C(=O)C(=O)/C(=C(/O)c3cc(Cl)cc(Cl)c3OC)C2c2ccc(OC)cc2)c1. The Hall–Kier alpha value is -4.01. The van der Waals surface area contributed by atoms with Crippen LogP contribution in [-0.4, -0.2) is 43.6 Å². The van der Waals surface area contributed by atoms with Crippen LogP contribution in [0.3, 0.4) is 0 Å². The topological polar surface area (TPSA) is 102 Å². The summed E-state index contributed by atoms with van der Waals surface area (Å²) in [5, 5.41) is 11.8. The minimum atomic E-state index is -1.07. The summed E-state index contributed by atoms with van der Waals surface area (Å²) in [4.78, 5) is 40.5. The molecule has 1 fully saturated rings. The molecule has 1 saturated heterocycles. The van der Waals surface area contributed by atoms with E-state index in [9.17, 15) is 19.5 Å². The largest absolute Gasteiger partial charge is 0.507 e. The molecule has 4 rings (SSSR count). The lowest BCUT2D eigenvalue weighted by Crippen LogP contribution is -2.29. The van der Waals surface area contributed by atoms with E-state index in [1.807, 2.05) is 0 Å². The highest BCUT2D eigenvalue weighted by Gasteiger charge is 2.47. The monoisotopic (exact) mass is 555 g/mol. The van der Waals surface area contributed by atoms with Crippen LogP contribution in [-0.2, 0) is 14.3 Å². The Labute approximate surface area is 228 Å². The Bertz CT molecular complexity index is 1450. The molecule has 10 heteroatoms. The van der Waals surface area contributed by atoms with Gasteiger partial charge in [0.15, 0.2) is 0 Å². The first kappa shape index (κ1) is 27.0. The third kappa shape index (κ3) is 4.92. The maximum absolute atomic E-state index is 13.5. The summed E-state index contributed by atoms with van der Waals surface area (Å²) in [5.41, 5.74) is 0.789. The molecule has 196 valence electrons. The first-order valence-electron chi connectivity index (χ1n) is 11.5. The van der Waals surface area contributed by atoms with Crippen molar-refractivity contribution in [2.75, 3.05) is 25.7 Å². The van der Waals surface area contributed by atoms with Gasteiger partial charge in [-0.1, -0.05) is 41.4 Å². The molecule has 0 spiro atoms. The van der Waals surface area contributed by atoms with Gasteiger partial charge in [-0.2, -0.15) is 0 Å². The number of aliphatic hydroxyl groups is 1. The molecular weight excluding hydrogens is 533 g/mol. The van der Waals surface area contributed by atoms with Crippen LogP contribution in [0.1, 0.15) is 34.5 Å². The highest BCUT2D eigenvalue weighted by Crippen LogP contribution is 2.45. The number of rotatable bonds is 7. The Morgan fingerprint density at radius 2 is 1.71 bits per heavy atom. The average Bonchev–Trinajstić information content (AvgIpc) is 3.18. The average molecular weight is 556 g/mol. The maximum atomic E-state index is 13.5. The van der Waals surface area contributed by atoms with Crippen molar-refractivity contribution in [3.63, 3.8) is 0 Å². The van der Waals surface area contributed by atoms with Gasteiger partial charge in [0, 0.05) is 10.7 Å². The van der Waals surface area contributed by atoms with Gasteiger partial charge in [-0.3, -0.25) is 14.5 Å². The number of esters is 1. The van der Waals surface area contributed by atoms with Crippen molar-refractivity contribution in [2.45, 2.75) is 13.0 Å². The summed E-state index contributed by atoms with van der Waals surface area (Å²) >= 11 is 12.5. The van der Waals surface area contributed by atoms with Crippen molar-refractivity contribution in [1.82, 2.24) is 0 Å². The van der Waals surface area contributed by atoms with Crippen molar-refractivity contribution >= 4 is 52.3 Å². The minimum absolute atomic E-state index is 0.0433. The number of carbonyl (C=O) groups is 3. The van der Waals surface area contributed by atoms with E-state index in [0.717, 1.165) is 0 Å². The van der Waals surface area contributed by atoms with Crippen molar-refractivity contribution < 1.29 is 33.7 Å². The van der Waals surface area contributed by atoms with Gasteiger partial charge >= 0.3 is 5.97 Å². The van der Waals surface area contributed by atoms with Crippen LogP contribution >= 0.6 is 23.2 Å². The van der Waals surface area contributed by atoms with E-state index in [4.69, 9.17) is 37.4 Å². The summed E-state index contributed by atoms with van der Waals surface area (Å²) in [5.74, 6) is -2.31. The van der Waals surface area contributed by atoms with Crippen molar-refractivity contribution in [3.05, 3.63) is 93.0 Å². The van der Waals surface area contributed by atoms with E-state index in [1.54, 1.807) is 49.4 Å². The molecule has 8 nitrogen and oxygen atoms in total. The molecule has 0 bridgehead atoms. The number of nitrogens with zero attached hydrogens (tertiary/aromatic N) is 1. The third-order valence-electron chi connectivity index (χ3n) is 5.98. The van der Waals surface area contributed by atoms with Crippen molar-refractivity contribution in [3.8, 4) is 11.5 Å². The number of hydrogen-bond donors (Lipinski definition) is 1. The fraction of sp³-hybridized carbons (Fsp3) is 0.179. The second-order valence-electron chi connectivity index (χ2n) is 8.18. The summed E-state index contributed by atoms with van der Waals surface area (Å²) in [7, 11) is 2.86. The molecule has 1 amide bonds. The molecule has 1 heterocycles. The number of anilines is 1. The molecule has 0 aromatic heterocycles. The summed E-state index contributed by atoms with van der Waals surface area (Å²) < 4.78 is 15.7. The Kier molecular flexibility index (Phi) is 7.94. The van der Waals surface area contributed by atoms with Gasteiger partial charge in [0.2, 0.25) is 0 Å². The quantitative estimate of drug-likeness (QED) is 0.170.